The van der Waals surface area contributed by atoms with Crippen LogP contribution in [-0.4, -0.2) is 30.0 Å². The number of halogens is 5. The summed E-state index contributed by atoms with van der Waals surface area (Å²) in [5.41, 5.74) is -2.14. The van der Waals surface area contributed by atoms with E-state index in [0.717, 1.165) is 23.2 Å². The lowest BCUT2D eigenvalue weighted by atomic mass is 10.1. The van der Waals surface area contributed by atoms with E-state index in [-0.39, 0.29) is 24.5 Å². The number of nitrogens with one attached hydrogen (secondary N) is 2. The van der Waals surface area contributed by atoms with Gasteiger partial charge in [-0.1, -0.05) is 0 Å². The number of carbonyl (C=O) groups is 2. The van der Waals surface area contributed by atoms with Gasteiger partial charge in [-0.05, 0) is 18.2 Å². The van der Waals surface area contributed by atoms with Gasteiger partial charge in [0, 0.05) is 19.2 Å². The molecule has 3 rings (SSSR count). The number of alkyl halides is 3. The standard InChI is InChI=1S/C16H11F5N4O2/c17-10-6-11(18)12(25-4-3-22-15(25)27)5-9(10)14(26)24-8-1-2-13(23-7-8)16(19,20)21/h1-2,5-7H,3-4H2,(H,22,27)(H,24,26). The quantitative estimate of drug-likeness (QED) is 0.796. The van der Waals surface area contributed by atoms with Crippen LogP contribution in [0.1, 0.15) is 16.1 Å². The van der Waals surface area contributed by atoms with Crippen molar-refractivity contribution < 1.29 is 31.5 Å². The molecule has 142 valence electrons. The topological polar surface area (TPSA) is 74.3 Å². The molecule has 1 aliphatic rings. The number of urea groups is 1. The number of carbonyl (C=O) groups excluding carboxylic acids is 2. The summed E-state index contributed by atoms with van der Waals surface area (Å²) in [7, 11) is 0. The lowest BCUT2D eigenvalue weighted by molar-refractivity contribution is -0.141. The normalized spacial score (nSPS) is 14.3. The van der Waals surface area contributed by atoms with Crippen LogP contribution in [0.3, 0.4) is 0 Å². The molecule has 2 aromatic rings. The summed E-state index contributed by atoms with van der Waals surface area (Å²) in [6.45, 7) is 0.389. The van der Waals surface area contributed by atoms with E-state index in [1.807, 2.05) is 0 Å². The maximum absolute atomic E-state index is 14.0. The van der Waals surface area contributed by atoms with Crippen LogP contribution in [0.4, 0.5) is 38.1 Å². The van der Waals surface area contributed by atoms with E-state index in [0.29, 0.717) is 12.1 Å². The van der Waals surface area contributed by atoms with Crippen LogP contribution < -0.4 is 15.5 Å². The van der Waals surface area contributed by atoms with Crippen LogP contribution in [-0.2, 0) is 6.18 Å². The molecule has 0 radical (unpaired) electrons. The maximum Gasteiger partial charge on any atom is 0.433 e. The Morgan fingerprint density at radius 1 is 1.19 bits per heavy atom. The highest BCUT2D eigenvalue weighted by Gasteiger charge is 2.32. The monoisotopic (exact) mass is 386 g/mol. The summed E-state index contributed by atoms with van der Waals surface area (Å²) in [5, 5.41) is 4.62. The fourth-order valence-electron chi connectivity index (χ4n) is 2.45. The maximum atomic E-state index is 14.0. The van der Waals surface area contributed by atoms with Crippen molar-refractivity contribution in [2.24, 2.45) is 0 Å². The summed E-state index contributed by atoms with van der Waals surface area (Å²) in [6.07, 6.45) is -3.88. The second-order valence-corrected chi connectivity index (χ2v) is 5.55. The van der Waals surface area contributed by atoms with Gasteiger partial charge in [-0.15, -0.1) is 0 Å². The van der Waals surface area contributed by atoms with Crippen molar-refractivity contribution in [2.45, 2.75) is 6.18 Å². The van der Waals surface area contributed by atoms with Gasteiger partial charge in [-0.25, -0.2) is 18.6 Å². The highest BCUT2D eigenvalue weighted by Crippen LogP contribution is 2.28. The predicted molar refractivity (Wildman–Crippen MR) is 84.3 cm³/mol. The Labute approximate surface area is 149 Å². The summed E-state index contributed by atoms with van der Waals surface area (Å²) in [5.74, 6) is -3.25. The molecule has 1 aromatic carbocycles. The highest BCUT2D eigenvalue weighted by molar-refractivity contribution is 6.05. The van der Waals surface area contributed by atoms with Gasteiger partial charge in [-0.2, -0.15) is 13.2 Å². The van der Waals surface area contributed by atoms with E-state index < -0.39 is 41.0 Å². The predicted octanol–water partition coefficient (Wildman–Crippen LogP) is 3.16. The number of nitrogens with zero attached hydrogens (tertiary/aromatic N) is 2. The van der Waals surface area contributed by atoms with Crippen LogP contribution in [0, 0.1) is 11.6 Å². The van der Waals surface area contributed by atoms with Gasteiger partial charge < -0.3 is 10.6 Å². The van der Waals surface area contributed by atoms with Gasteiger partial charge in [0.1, 0.15) is 17.3 Å². The molecule has 27 heavy (non-hydrogen) atoms. The SMILES string of the molecule is O=C(Nc1ccc(C(F)(F)F)nc1)c1cc(N2CCNC2=O)c(F)cc1F. The number of aromatic nitrogens is 1. The largest absolute Gasteiger partial charge is 0.433 e. The molecular formula is C16H11F5N4O2. The van der Waals surface area contributed by atoms with E-state index in [9.17, 15) is 31.5 Å². The molecule has 11 heteroatoms. The van der Waals surface area contributed by atoms with Gasteiger partial charge in [0.05, 0.1) is 23.1 Å². The molecule has 0 bridgehead atoms. The second-order valence-electron chi connectivity index (χ2n) is 5.55. The molecule has 6 nitrogen and oxygen atoms in total. The fraction of sp³-hybridized carbons (Fsp3) is 0.188. The van der Waals surface area contributed by atoms with Crippen molar-refractivity contribution in [3.05, 3.63) is 53.4 Å². The van der Waals surface area contributed by atoms with Gasteiger partial charge in [-0.3, -0.25) is 9.69 Å². The van der Waals surface area contributed by atoms with Crippen LogP contribution in [0.25, 0.3) is 0 Å². The van der Waals surface area contributed by atoms with E-state index >= 15 is 0 Å². The average molecular weight is 386 g/mol. The third-order valence-electron chi connectivity index (χ3n) is 3.74. The summed E-state index contributed by atoms with van der Waals surface area (Å²) < 4.78 is 65.5. The molecule has 1 fully saturated rings. The van der Waals surface area contributed by atoms with E-state index in [1.54, 1.807) is 0 Å². The van der Waals surface area contributed by atoms with Gasteiger partial charge in [0.15, 0.2) is 0 Å². The van der Waals surface area contributed by atoms with Crippen molar-refractivity contribution >= 4 is 23.3 Å². The summed E-state index contributed by atoms with van der Waals surface area (Å²) in [6, 6.07) is 2.32. The van der Waals surface area contributed by atoms with E-state index in [4.69, 9.17) is 0 Å². The number of rotatable bonds is 3. The van der Waals surface area contributed by atoms with Crippen molar-refractivity contribution in [1.82, 2.24) is 10.3 Å². The lowest BCUT2D eigenvalue weighted by Crippen LogP contribution is -2.29. The first-order valence-electron chi connectivity index (χ1n) is 7.56. The van der Waals surface area contributed by atoms with Crippen LogP contribution in [0.15, 0.2) is 30.5 Å². The first-order chi connectivity index (χ1) is 12.7. The molecule has 2 heterocycles. The van der Waals surface area contributed by atoms with Gasteiger partial charge >= 0.3 is 12.2 Å². The third-order valence-corrected chi connectivity index (χ3v) is 3.74. The van der Waals surface area contributed by atoms with Crippen molar-refractivity contribution in [2.75, 3.05) is 23.3 Å². The lowest BCUT2D eigenvalue weighted by Gasteiger charge is -2.16. The third kappa shape index (κ3) is 3.81. The Bertz CT molecular complexity index is 899. The summed E-state index contributed by atoms with van der Waals surface area (Å²) >= 11 is 0. The zero-order valence-electron chi connectivity index (χ0n) is 13.4. The Balaban J connectivity index is 1.85. The molecule has 0 aliphatic carbocycles. The molecule has 0 atom stereocenters. The minimum absolute atomic E-state index is 0.114. The number of benzene rings is 1. The van der Waals surface area contributed by atoms with Crippen LogP contribution in [0.2, 0.25) is 0 Å². The number of hydrogen-bond acceptors (Lipinski definition) is 3. The van der Waals surface area contributed by atoms with E-state index in [2.05, 4.69) is 15.6 Å². The Hall–Kier alpha value is -3.24. The number of amides is 3. The summed E-state index contributed by atoms with van der Waals surface area (Å²) in [4.78, 5) is 28.1. The zero-order valence-corrected chi connectivity index (χ0v) is 13.4. The van der Waals surface area contributed by atoms with Crippen molar-refractivity contribution in [3.8, 4) is 0 Å². The number of hydrogen-bond donors (Lipinski definition) is 2. The number of pyridine rings is 1. The minimum Gasteiger partial charge on any atom is -0.336 e. The smallest absolute Gasteiger partial charge is 0.336 e. The Morgan fingerprint density at radius 3 is 2.48 bits per heavy atom. The minimum atomic E-state index is -4.64. The molecule has 1 saturated heterocycles. The molecule has 0 spiro atoms. The second kappa shape index (κ2) is 6.82. The molecule has 1 aromatic heterocycles. The van der Waals surface area contributed by atoms with Crippen LogP contribution in [0.5, 0.6) is 0 Å². The average Bonchev–Trinajstić information content (AvgIpc) is 3.00. The highest BCUT2D eigenvalue weighted by atomic mass is 19.4. The molecule has 1 aliphatic heterocycles. The number of anilines is 2. The Kier molecular flexibility index (Phi) is 4.68. The van der Waals surface area contributed by atoms with Crippen molar-refractivity contribution in [3.63, 3.8) is 0 Å². The molecule has 2 N–H and O–H groups in total. The fourth-order valence-corrected chi connectivity index (χ4v) is 2.45. The van der Waals surface area contributed by atoms with Gasteiger partial charge in [0.2, 0.25) is 0 Å². The van der Waals surface area contributed by atoms with E-state index in [1.165, 1.54) is 0 Å². The van der Waals surface area contributed by atoms with Crippen LogP contribution >= 0.6 is 0 Å². The zero-order chi connectivity index (χ0) is 19.8. The molecular weight excluding hydrogens is 375 g/mol. The molecule has 3 amide bonds. The molecule has 0 unspecified atom stereocenters. The first-order valence-corrected chi connectivity index (χ1v) is 7.56. The Morgan fingerprint density at radius 2 is 1.93 bits per heavy atom. The molecule has 0 saturated carbocycles. The first kappa shape index (κ1) is 18.5. The van der Waals surface area contributed by atoms with Crippen molar-refractivity contribution in [1.29, 1.82) is 0 Å². The van der Waals surface area contributed by atoms with Gasteiger partial charge in [0.25, 0.3) is 5.91 Å².